The Balaban J connectivity index is 1.62. The molecule has 9 heteroatoms. The van der Waals surface area contributed by atoms with Crippen LogP contribution in [0.3, 0.4) is 0 Å². The average molecular weight is 381 g/mol. The van der Waals surface area contributed by atoms with Crippen molar-refractivity contribution in [3.8, 4) is 0 Å². The maximum atomic E-state index is 12.4. The van der Waals surface area contributed by atoms with Crippen LogP contribution in [0.25, 0.3) is 0 Å². The zero-order valence-corrected chi connectivity index (χ0v) is 15.1. The van der Waals surface area contributed by atoms with Crippen molar-refractivity contribution in [2.45, 2.75) is 23.8 Å². The van der Waals surface area contributed by atoms with E-state index >= 15 is 0 Å². The molecule has 0 aliphatic carbocycles. The Morgan fingerprint density at radius 1 is 1.40 bits per heavy atom. The molecule has 0 bridgehead atoms. The van der Waals surface area contributed by atoms with Crippen LogP contribution < -0.4 is 10.0 Å². The number of thiazole rings is 1. The van der Waals surface area contributed by atoms with Crippen LogP contribution in [0.15, 0.2) is 40.7 Å². The minimum absolute atomic E-state index is 0.0759. The lowest BCUT2D eigenvalue weighted by atomic mass is 10.2. The quantitative estimate of drug-likeness (QED) is 0.751. The topological polar surface area (TPSA) is 97.4 Å². The highest BCUT2D eigenvalue weighted by molar-refractivity contribution is 7.89. The summed E-state index contributed by atoms with van der Waals surface area (Å²) < 4.78 is 32.6. The van der Waals surface area contributed by atoms with E-state index in [-0.39, 0.29) is 16.8 Å². The molecule has 1 aliphatic heterocycles. The van der Waals surface area contributed by atoms with Crippen LogP contribution in [0.1, 0.15) is 21.8 Å². The van der Waals surface area contributed by atoms with E-state index in [1.807, 2.05) is 5.38 Å². The number of nitrogens with one attached hydrogen (secondary N) is 2. The van der Waals surface area contributed by atoms with Gasteiger partial charge in [0.1, 0.15) is 0 Å². The van der Waals surface area contributed by atoms with Crippen molar-refractivity contribution in [2.75, 3.05) is 19.8 Å². The van der Waals surface area contributed by atoms with Crippen LogP contribution in [-0.4, -0.2) is 45.1 Å². The highest BCUT2D eigenvalue weighted by atomic mass is 32.2. The first-order chi connectivity index (χ1) is 12.0. The number of carbonyl (C=O) groups excluding carboxylic acids is 1. The van der Waals surface area contributed by atoms with Crippen LogP contribution in [0, 0.1) is 0 Å². The Hall–Kier alpha value is -1.81. The SMILES string of the molecule is O=C(NCCc1nccs1)c1cccc(S(=O)(=O)N[C@H]2CCOC2)c1. The maximum absolute atomic E-state index is 12.4. The number of sulfonamides is 1. The van der Waals surface area contributed by atoms with E-state index in [0.29, 0.717) is 38.2 Å². The van der Waals surface area contributed by atoms with E-state index in [0.717, 1.165) is 5.01 Å². The van der Waals surface area contributed by atoms with Gasteiger partial charge in [-0.1, -0.05) is 6.07 Å². The first-order valence-corrected chi connectivity index (χ1v) is 10.3. The van der Waals surface area contributed by atoms with Gasteiger partial charge in [0, 0.05) is 42.8 Å². The second kappa shape index (κ2) is 8.05. The van der Waals surface area contributed by atoms with Gasteiger partial charge in [0.2, 0.25) is 10.0 Å². The van der Waals surface area contributed by atoms with E-state index in [4.69, 9.17) is 4.74 Å². The monoisotopic (exact) mass is 381 g/mol. The molecule has 2 N–H and O–H groups in total. The lowest BCUT2D eigenvalue weighted by Crippen LogP contribution is -2.35. The minimum Gasteiger partial charge on any atom is -0.380 e. The van der Waals surface area contributed by atoms with Gasteiger partial charge in [-0.15, -0.1) is 11.3 Å². The molecule has 1 saturated heterocycles. The maximum Gasteiger partial charge on any atom is 0.251 e. The Morgan fingerprint density at radius 2 is 2.28 bits per heavy atom. The summed E-state index contributed by atoms with van der Waals surface area (Å²) in [6.07, 6.45) is 3.01. The third kappa shape index (κ3) is 4.85. The predicted molar refractivity (Wildman–Crippen MR) is 94.1 cm³/mol. The highest BCUT2D eigenvalue weighted by Crippen LogP contribution is 2.14. The number of carbonyl (C=O) groups is 1. The average Bonchev–Trinajstić information content (AvgIpc) is 3.28. The smallest absolute Gasteiger partial charge is 0.251 e. The highest BCUT2D eigenvalue weighted by Gasteiger charge is 2.24. The number of hydrogen-bond acceptors (Lipinski definition) is 6. The number of ether oxygens (including phenoxy) is 1. The summed E-state index contributed by atoms with van der Waals surface area (Å²) in [7, 11) is -3.67. The minimum atomic E-state index is -3.67. The molecular weight excluding hydrogens is 362 g/mol. The van der Waals surface area contributed by atoms with Crippen LogP contribution >= 0.6 is 11.3 Å². The fourth-order valence-corrected chi connectivity index (χ4v) is 4.40. The van der Waals surface area contributed by atoms with Gasteiger partial charge in [-0.05, 0) is 24.6 Å². The van der Waals surface area contributed by atoms with E-state index in [2.05, 4.69) is 15.0 Å². The molecule has 1 aromatic heterocycles. The molecule has 0 radical (unpaired) electrons. The van der Waals surface area contributed by atoms with Gasteiger partial charge in [0.05, 0.1) is 16.5 Å². The molecule has 0 spiro atoms. The molecule has 1 fully saturated rings. The van der Waals surface area contributed by atoms with Crippen molar-refractivity contribution < 1.29 is 17.9 Å². The summed E-state index contributed by atoms with van der Waals surface area (Å²) in [6, 6.07) is 5.80. The second-order valence-corrected chi connectivity index (χ2v) is 8.33. The normalized spacial score (nSPS) is 17.5. The molecular formula is C16H19N3O4S2. The lowest BCUT2D eigenvalue weighted by Gasteiger charge is -2.12. The zero-order chi connectivity index (χ0) is 17.7. The summed E-state index contributed by atoms with van der Waals surface area (Å²) >= 11 is 1.53. The van der Waals surface area contributed by atoms with Crippen molar-refractivity contribution in [1.82, 2.24) is 15.0 Å². The van der Waals surface area contributed by atoms with Crippen molar-refractivity contribution >= 4 is 27.3 Å². The standard InChI is InChI=1S/C16H19N3O4S2/c20-16(18-6-4-15-17-7-9-24-15)12-2-1-3-14(10-12)25(21,22)19-13-5-8-23-11-13/h1-3,7,9-10,13,19H,4-6,8,11H2,(H,18,20)/t13-/m0/s1. The molecule has 1 aliphatic rings. The van der Waals surface area contributed by atoms with Gasteiger partial charge >= 0.3 is 0 Å². The predicted octanol–water partition coefficient (Wildman–Crippen LogP) is 1.18. The number of rotatable bonds is 7. The number of benzene rings is 1. The second-order valence-electron chi connectivity index (χ2n) is 5.64. The first-order valence-electron chi connectivity index (χ1n) is 7.91. The molecule has 0 saturated carbocycles. The van der Waals surface area contributed by atoms with Gasteiger partial charge in [0.15, 0.2) is 0 Å². The van der Waals surface area contributed by atoms with Crippen LogP contribution in [0.5, 0.6) is 0 Å². The molecule has 7 nitrogen and oxygen atoms in total. The molecule has 1 aromatic carbocycles. The number of nitrogens with zero attached hydrogens (tertiary/aromatic N) is 1. The number of amides is 1. The van der Waals surface area contributed by atoms with Gasteiger partial charge in [-0.25, -0.2) is 18.1 Å². The van der Waals surface area contributed by atoms with E-state index in [1.165, 1.54) is 23.5 Å². The molecule has 1 atom stereocenters. The zero-order valence-electron chi connectivity index (χ0n) is 13.5. The van der Waals surface area contributed by atoms with Gasteiger partial charge in [-0.3, -0.25) is 4.79 Å². The van der Waals surface area contributed by atoms with E-state index < -0.39 is 10.0 Å². The van der Waals surface area contributed by atoms with E-state index in [9.17, 15) is 13.2 Å². The van der Waals surface area contributed by atoms with Gasteiger partial charge in [-0.2, -0.15) is 0 Å². The summed E-state index contributed by atoms with van der Waals surface area (Å²) in [5, 5.41) is 5.61. The van der Waals surface area contributed by atoms with Crippen LogP contribution in [0.4, 0.5) is 0 Å². The third-order valence-corrected chi connectivity index (χ3v) is 6.12. The molecule has 2 aromatic rings. The van der Waals surface area contributed by atoms with Gasteiger partial charge < -0.3 is 10.1 Å². The largest absolute Gasteiger partial charge is 0.380 e. The molecule has 3 rings (SSSR count). The fourth-order valence-electron chi connectivity index (χ4n) is 2.48. The van der Waals surface area contributed by atoms with E-state index in [1.54, 1.807) is 18.3 Å². The van der Waals surface area contributed by atoms with Crippen molar-refractivity contribution in [3.63, 3.8) is 0 Å². The summed E-state index contributed by atoms with van der Waals surface area (Å²) in [4.78, 5) is 16.5. The van der Waals surface area contributed by atoms with Crippen LogP contribution in [0.2, 0.25) is 0 Å². The van der Waals surface area contributed by atoms with Crippen molar-refractivity contribution in [1.29, 1.82) is 0 Å². The molecule has 134 valence electrons. The van der Waals surface area contributed by atoms with Crippen molar-refractivity contribution in [2.24, 2.45) is 0 Å². The summed E-state index contributed by atoms with van der Waals surface area (Å²) in [6.45, 7) is 1.37. The van der Waals surface area contributed by atoms with Crippen LogP contribution in [-0.2, 0) is 21.2 Å². The molecule has 2 heterocycles. The first kappa shape index (κ1) is 18.0. The molecule has 25 heavy (non-hydrogen) atoms. The summed E-state index contributed by atoms with van der Waals surface area (Å²) in [5.74, 6) is -0.308. The van der Waals surface area contributed by atoms with Crippen molar-refractivity contribution in [3.05, 3.63) is 46.4 Å². The third-order valence-electron chi connectivity index (χ3n) is 3.77. The van der Waals surface area contributed by atoms with Gasteiger partial charge in [0.25, 0.3) is 5.91 Å². The fraction of sp³-hybridized carbons (Fsp3) is 0.375. The molecule has 0 unspecified atom stereocenters. The number of hydrogen-bond donors (Lipinski definition) is 2. The summed E-state index contributed by atoms with van der Waals surface area (Å²) in [5.41, 5.74) is 0.310. The Kier molecular flexibility index (Phi) is 5.79. The Bertz CT molecular complexity index is 816. The number of aromatic nitrogens is 1. The Morgan fingerprint density at radius 3 is 3.00 bits per heavy atom. The molecule has 1 amide bonds. The Labute approximate surface area is 150 Å². The lowest BCUT2D eigenvalue weighted by molar-refractivity contribution is 0.0954.